The molecule has 0 fully saturated rings. The molecule has 0 radical (unpaired) electrons. The lowest BCUT2D eigenvalue weighted by molar-refractivity contribution is 0.720. The third-order valence-electron chi connectivity index (χ3n) is 11.0. The molecular formula is C46H30N2. The monoisotopic (exact) mass is 610 g/mol. The smallest absolute Gasteiger partial charge is 0.130 e. The zero-order valence-electron chi connectivity index (χ0n) is 26.2. The fraction of sp³-hybridized carbons (Fsp3) is 0.0435. The van der Waals surface area contributed by atoms with Crippen molar-refractivity contribution in [2.75, 3.05) is 10.2 Å². The van der Waals surface area contributed by atoms with Crippen molar-refractivity contribution in [3.05, 3.63) is 198 Å². The molecule has 224 valence electrons. The van der Waals surface area contributed by atoms with Gasteiger partial charge >= 0.3 is 0 Å². The Balaban J connectivity index is 1.07. The standard InChI is InChI=1S/C46H30N2/c1-2-11-30-26-31(21-20-29(30)10-1)32-22-23-34-28-35(25-24-33(34)27-32)45-47-42-18-9-17-41-44(42)48(45)43-19-8-7-16-40(43)46(41)38-14-5-3-12-36(38)37-13-4-6-15-39(37)46/h1-28,45,47H. The fourth-order valence-corrected chi connectivity index (χ4v) is 9.00. The van der Waals surface area contributed by atoms with Crippen LogP contribution >= 0.6 is 0 Å². The van der Waals surface area contributed by atoms with E-state index >= 15 is 0 Å². The third-order valence-corrected chi connectivity index (χ3v) is 11.0. The predicted molar refractivity (Wildman–Crippen MR) is 199 cm³/mol. The molecule has 1 N–H and O–H groups in total. The molecule has 2 heterocycles. The Hall–Kier alpha value is -6.12. The molecule has 0 saturated carbocycles. The molecule has 0 amide bonds. The van der Waals surface area contributed by atoms with Crippen molar-refractivity contribution < 1.29 is 0 Å². The second-order valence-corrected chi connectivity index (χ2v) is 13.4. The summed E-state index contributed by atoms with van der Waals surface area (Å²) in [7, 11) is 0. The number of rotatable bonds is 2. The Morgan fingerprint density at radius 2 is 1.00 bits per heavy atom. The van der Waals surface area contributed by atoms with Gasteiger partial charge in [-0.05, 0) is 102 Å². The van der Waals surface area contributed by atoms with Gasteiger partial charge in [0.1, 0.15) is 6.17 Å². The molecule has 3 aliphatic rings. The van der Waals surface area contributed by atoms with E-state index in [0.29, 0.717) is 0 Å². The Kier molecular flexibility index (Phi) is 5.13. The zero-order valence-corrected chi connectivity index (χ0v) is 26.2. The molecule has 2 heteroatoms. The van der Waals surface area contributed by atoms with Gasteiger partial charge < -0.3 is 10.2 Å². The van der Waals surface area contributed by atoms with Crippen LogP contribution in [-0.2, 0) is 5.41 Å². The van der Waals surface area contributed by atoms with Crippen LogP contribution in [0.1, 0.15) is 34.0 Å². The van der Waals surface area contributed by atoms with Gasteiger partial charge in [-0.25, -0.2) is 0 Å². The highest BCUT2D eigenvalue weighted by atomic mass is 15.3. The largest absolute Gasteiger partial charge is 0.359 e. The van der Waals surface area contributed by atoms with Crippen LogP contribution in [-0.4, -0.2) is 0 Å². The summed E-state index contributed by atoms with van der Waals surface area (Å²) in [5.74, 6) is 0. The summed E-state index contributed by atoms with van der Waals surface area (Å²) >= 11 is 0. The normalized spacial score (nSPS) is 16.0. The van der Waals surface area contributed by atoms with Crippen LogP contribution in [0.3, 0.4) is 0 Å². The van der Waals surface area contributed by atoms with E-state index in [1.165, 1.54) is 88.7 Å². The highest BCUT2D eigenvalue weighted by molar-refractivity contribution is 5.99. The van der Waals surface area contributed by atoms with Crippen molar-refractivity contribution in [1.29, 1.82) is 0 Å². The molecule has 11 rings (SSSR count). The van der Waals surface area contributed by atoms with Crippen molar-refractivity contribution in [2.24, 2.45) is 0 Å². The molecule has 1 atom stereocenters. The SMILES string of the molecule is c1ccc2c(c1)-c1ccccc1C21c2ccccc2N2c3c(cccc31)NC2c1ccc2cc(-c3ccc4ccccc4c3)ccc2c1. The molecule has 8 aromatic rings. The molecule has 1 spiro atoms. The lowest BCUT2D eigenvalue weighted by Crippen LogP contribution is -2.37. The summed E-state index contributed by atoms with van der Waals surface area (Å²) < 4.78 is 0. The Morgan fingerprint density at radius 1 is 0.438 bits per heavy atom. The van der Waals surface area contributed by atoms with E-state index in [-0.39, 0.29) is 11.6 Å². The van der Waals surface area contributed by atoms with Gasteiger partial charge in [-0.3, -0.25) is 0 Å². The van der Waals surface area contributed by atoms with Gasteiger partial charge in [0.25, 0.3) is 0 Å². The number of nitrogens with zero attached hydrogens (tertiary/aromatic N) is 1. The molecule has 0 saturated heterocycles. The van der Waals surface area contributed by atoms with Crippen LogP contribution in [0.5, 0.6) is 0 Å². The number of nitrogens with one attached hydrogen (secondary N) is 1. The first-order chi connectivity index (χ1) is 23.8. The Labute approximate surface area is 279 Å². The minimum absolute atomic E-state index is 0.0314. The first-order valence-electron chi connectivity index (χ1n) is 16.8. The number of hydrogen-bond acceptors (Lipinski definition) is 2. The van der Waals surface area contributed by atoms with Crippen LogP contribution in [0.25, 0.3) is 43.8 Å². The summed E-state index contributed by atoms with van der Waals surface area (Å²) in [4.78, 5) is 2.55. The fourth-order valence-electron chi connectivity index (χ4n) is 9.00. The minimum atomic E-state index is -0.384. The molecule has 1 unspecified atom stereocenters. The molecular weight excluding hydrogens is 581 g/mol. The summed E-state index contributed by atoms with van der Waals surface area (Å²) in [6.45, 7) is 0. The summed E-state index contributed by atoms with van der Waals surface area (Å²) in [6.07, 6.45) is -0.0314. The van der Waals surface area contributed by atoms with Crippen LogP contribution in [0.4, 0.5) is 17.1 Å². The number of anilines is 3. The lowest BCUT2D eigenvalue weighted by Gasteiger charge is -2.44. The highest BCUT2D eigenvalue weighted by Crippen LogP contribution is 2.65. The number of para-hydroxylation sites is 2. The molecule has 48 heavy (non-hydrogen) atoms. The van der Waals surface area contributed by atoms with Crippen molar-refractivity contribution in [2.45, 2.75) is 11.6 Å². The second kappa shape index (κ2) is 9.47. The van der Waals surface area contributed by atoms with Crippen molar-refractivity contribution >= 4 is 38.6 Å². The maximum atomic E-state index is 3.97. The maximum absolute atomic E-state index is 3.97. The van der Waals surface area contributed by atoms with Crippen molar-refractivity contribution in [1.82, 2.24) is 0 Å². The summed E-state index contributed by atoms with van der Waals surface area (Å²) in [5, 5.41) is 9.00. The van der Waals surface area contributed by atoms with E-state index in [2.05, 4.69) is 180 Å². The van der Waals surface area contributed by atoms with E-state index in [0.717, 1.165) is 0 Å². The van der Waals surface area contributed by atoms with Crippen molar-refractivity contribution in [3.63, 3.8) is 0 Å². The first-order valence-corrected chi connectivity index (χ1v) is 16.8. The maximum Gasteiger partial charge on any atom is 0.130 e. The number of benzene rings is 8. The second-order valence-electron chi connectivity index (χ2n) is 13.4. The van der Waals surface area contributed by atoms with Gasteiger partial charge in [0, 0.05) is 5.69 Å². The first kappa shape index (κ1) is 26.0. The quantitative estimate of drug-likeness (QED) is 0.209. The number of hydrogen-bond donors (Lipinski definition) is 1. The van der Waals surface area contributed by atoms with E-state index in [1.807, 2.05) is 0 Å². The molecule has 2 nitrogen and oxygen atoms in total. The average Bonchev–Trinajstić information content (AvgIpc) is 3.69. The van der Waals surface area contributed by atoms with E-state index < -0.39 is 0 Å². The average molecular weight is 611 g/mol. The Morgan fingerprint density at radius 3 is 1.77 bits per heavy atom. The zero-order chi connectivity index (χ0) is 31.4. The predicted octanol–water partition coefficient (Wildman–Crippen LogP) is 11.6. The molecule has 2 aliphatic heterocycles. The van der Waals surface area contributed by atoms with Gasteiger partial charge in [-0.15, -0.1) is 0 Å². The van der Waals surface area contributed by atoms with E-state index in [1.54, 1.807) is 0 Å². The van der Waals surface area contributed by atoms with Gasteiger partial charge in [0.15, 0.2) is 0 Å². The van der Waals surface area contributed by atoms with Crippen LogP contribution in [0.2, 0.25) is 0 Å². The van der Waals surface area contributed by atoms with E-state index in [4.69, 9.17) is 0 Å². The van der Waals surface area contributed by atoms with Crippen LogP contribution < -0.4 is 10.2 Å². The molecule has 8 aromatic carbocycles. The Bertz CT molecular complexity index is 2590. The van der Waals surface area contributed by atoms with Crippen molar-refractivity contribution in [3.8, 4) is 22.3 Å². The lowest BCUT2D eigenvalue weighted by atomic mass is 9.64. The number of fused-ring (bicyclic) bond motifs is 11. The third kappa shape index (κ3) is 3.31. The van der Waals surface area contributed by atoms with Gasteiger partial charge in [-0.2, -0.15) is 0 Å². The van der Waals surface area contributed by atoms with Gasteiger partial charge in [0.05, 0.1) is 16.8 Å². The van der Waals surface area contributed by atoms with Gasteiger partial charge in [-0.1, -0.05) is 140 Å². The topological polar surface area (TPSA) is 15.3 Å². The van der Waals surface area contributed by atoms with Crippen LogP contribution in [0.15, 0.2) is 170 Å². The van der Waals surface area contributed by atoms with E-state index in [9.17, 15) is 0 Å². The molecule has 0 aromatic heterocycles. The minimum Gasteiger partial charge on any atom is -0.359 e. The molecule has 1 aliphatic carbocycles. The molecule has 0 bridgehead atoms. The highest BCUT2D eigenvalue weighted by Gasteiger charge is 2.54. The summed E-state index contributed by atoms with van der Waals surface area (Å²) in [6, 6.07) is 63.1. The van der Waals surface area contributed by atoms with Crippen LogP contribution in [0, 0.1) is 0 Å². The summed E-state index contributed by atoms with van der Waals surface area (Å²) in [5.41, 5.74) is 15.1. The van der Waals surface area contributed by atoms with Gasteiger partial charge in [0.2, 0.25) is 0 Å².